The fourth-order valence-electron chi connectivity index (χ4n) is 1.64. The van der Waals surface area contributed by atoms with Crippen LogP contribution in [0.5, 0.6) is 0 Å². The molecule has 0 bridgehead atoms. The third-order valence-corrected chi connectivity index (χ3v) is 2.90. The second-order valence-electron chi connectivity index (χ2n) is 5.70. The molecule has 1 aliphatic rings. The molecule has 3 nitrogen and oxygen atoms in total. The summed E-state index contributed by atoms with van der Waals surface area (Å²) in [4.78, 5) is 11.6. The van der Waals surface area contributed by atoms with E-state index in [0.717, 1.165) is 18.5 Å². The van der Waals surface area contributed by atoms with Gasteiger partial charge in [-0.1, -0.05) is 32.9 Å². The van der Waals surface area contributed by atoms with Gasteiger partial charge in [0, 0.05) is 14.6 Å². The third-order valence-electron chi connectivity index (χ3n) is 2.90. The second kappa shape index (κ2) is 4.40. The zero-order chi connectivity index (χ0) is 12.5. The van der Waals surface area contributed by atoms with Gasteiger partial charge < -0.3 is 10.6 Å². The predicted molar refractivity (Wildman–Crippen MR) is 74.5 cm³/mol. The van der Waals surface area contributed by atoms with Crippen molar-refractivity contribution in [2.45, 2.75) is 45.1 Å². The molecule has 0 spiro atoms. The van der Waals surface area contributed by atoms with Crippen LogP contribution < -0.4 is 10.6 Å². The van der Waals surface area contributed by atoms with Crippen molar-refractivity contribution >= 4 is 11.7 Å². The molecule has 0 radical (unpaired) electrons. The van der Waals surface area contributed by atoms with E-state index in [1.165, 1.54) is 5.56 Å². The van der Waals surface area contributed by atoms with Crippen molar-refractivity contribution in [2.75, 3.05) is 5.32 Å². The van der Waals surface area contributed by atoms with Crippen LogP contribution in [0.25, 0.3) is 0 Å². The van der Waals surface area contributed by atoms with E-state index in [2.05, 4.69) is 37.5 Å². The molecule has 3 heteroatoms. The van der Waals surface area contributed by atoms with Gasteiger partial charge in [0.25, 0.3) is 0 Å². The van der Waals surface area contributed by atoms with Crippen LogP contribution in [0.3, 0.4) is 0 Å². The van der Waals surface area contributed by atoms with Crippen molar-refractivity contribution in [1.29, 1.82) is 0 Å². The third kappa shape index (κ3) is 3.48. The Morgan fingerprint density at radius 3 is 2.65 bits per heavy atom. The van der Waals surface area contributed by atoms with E-state index in [4.69, 9.17) is 0 Å². The minimum atomic E-state index is -0.0986. The topological polar surface area (TPSA) is 41.1 Å². The lowest BCUT2D eigenvalue weighted by atomic mass is 9.87. The summed E-state index contributed by atoms with van der Waals surface area (Å²) in [6, 6.07) is 8.31. The zero-order valence-corrected chi connectivity index (χ0v) is 10.7. The molecule has 0 atom stereocenters. The van der Waals surface area contributed by atoms with Gasteiger partial charge in [-0.05, 0) is 36.0 Å². The van der Waals surface area contributed by atoms with Crippen molar-refractivity contribution in [3.05, 3.63) is 29.8 Å². The summed E-state index contributed by atoms with van der Waals surface area (Å²) in [5, 5.41) is 5.79. The van der Waals surface area contributed by atoms with Crippen LogP contribution >= 0.6 is 0 Å². The number of carbonyl (C=O) groups excluding carboxylic acids is 1. The van der Waals surface area contributed by atoms with Crippen LogP contribution in [-0.4, -0.2) is 12.1 Å². The van der Waals surface area contributed by atoms with Gasteiger partial charge in [-0.15, -0.1) is 0 Å². The molecule has 1 aromatic rings. The van der Waals surface area contributed by atoms with E-state index < -0.39 is 0 Å². The maximum Gasteiger partial charge on any atom is 0.319 e. The summed E-state index contributed by atoms with van der Waals surface area (Å²) in [6.45, 7) is 6.49. The van der Waals surface area contributed by atoms with Crippen molar-refractivity contribution in [2.24, 2.45) is 0 Å². The summed E-state index contributed by atoms with van der Waals surface area (Å²) in [7, 11) is 0. The van der Waals surface area contributed by atoms with Gasteiger partial charge in [-0.2, -0.15) is 0 Å². The van der Waals surface area contributed by atoms with E-state index in [1.54, 1.807) is 0 Å². The smallest absolute Gasteiger partial charge is 0.319 e. The number of carbonyl (C=O) groups is 1. The molecule has 0 heterocycles. The largest absolute Gasteiger partial charge is 0.335 e. The molecule has 1 aromatic carbocycles. The van der Waals surface area contributed by atoms with Crippen LogP contribution in [0.4, 0.5) is 10.5 Å². The predicted octanol–water partition coefficient (Wildman–Crippen LogP) is 3.76. The normalized spacial score (nSPS) is 15.5. The Balaban J connectivity index is 0.00000162. The van der Waals surface area contributed by atoms with Crippen molar-refractivity contribution in [3.63, 3.8) is 0 Å². The lowest BCUT2D eigenvalue weighted by molar-refractivity contribution is 0.251. The van der Waals surface area contributed by atoms with Crippen LogP contribution in [0.2, 0.25) is 0 Å². The van der Waals surface area contributed by atoms with E-state index in [-0.39, 0.29) is 14.3 Å². The minimum Gasteiger partial charge on any atom is -0.335 e. The molecule has 0 aromatic heterocycles. The number of hydrogen-bond acceptors (Lipinski definition) is 1. The van der Waals surface area contributed by atoms with Crippen LogP contribution in [0, 0.1) is 0 Å². The van der Waals surface area contributed by atoms with Gasteiger partial charge in [-0.3, -0.25) is 0 Å². The highest BCUT2D eigenvalue weighted by molar-refractivity contribution is 5.89. The Hall–Kier alpha value is -1.51. The van der Waals surface area contributed by atoms with Gasteiger partial charge in [0.15, 0.2) is 0 Å². The fourth-order valence-corrected chi connectivity index (χ4v) is 1.64. The number of anilines is 1. The second-order valence-corrected chi connectivity index (χ2v) is 5.70. The van der Waals surface area contributed by atoms with E-state index >= 15 is 0 Å². The van der Waals surface area contributed by atoms with Crippen molar-refractivity contribution in [1.82, 2.24) is 5.32 Å². The number of hydrogen-bond donors (Lipinski definition) is 2. The Morgan fingerprint density at radius 2 is 2.06 bits per heavy atom. The molecule has 96 valence electrons. The molecule has 2 N–H and O–H groups in total. The molecule has 1 aliphatic carbocycles. The molecule has 2 amide bonds. The first-order valence-corrected chi connectivity index (χ1v) is 6.13. The molecule has 17 heavy (non-hydrogen) atoms. The summed E-state index contributed by atoms with van der Waals surface area (Å²) in [5.41, 5.74) is 2.18. The summed E-state index contributed by atoms with van der Waals surface area (Å²) in [5.74, 6) is 0. The molecular formula is C14H24N2O. The Bertz CT molecular complexity index is 426. The Kier molecular flexibility index (Phi) is 3.09. The number of nitrogens with one attached hydrogen (secondary N) is 2. The summed E-state index contributed by atoms with van der Waals surface area (Å²) < 4.78 is 0. The van der Waals surface area contributed by atoms with Crippen molar-refractivity contribution < 1.29 is 7.65 Å². The first-order chi connectivity index (χ1) is 7.95. The van der Waals surface area contributed by atoms with Gasteiger partial charge in [0.2, 0.25) is 0 Å². The molecule has 0 saturated heterocycles. The van der Waals surface area contributed by atoms with Crippen LogP contribution in [-0.2, 0) is 5.41 Å². The van der Waals surface area contributed by atoms with E-state index in [0.29, 0.717) is 6.04 Å². The molecular weight excluding hydrogens is 212 g/mol. The Labute approximate surface area is 106 Å². The van der Waals surface area contributed by atoms with Gasteiger partial charge in [-0.25, -0.2) is 4.79 Å². The molecule has 0 unspecified atom stereocenters. The maximum absolute atomic E-state index is 11.6. The highest BCUT2D eigenvalue weighted by atomic mass is 16.2. The van der Waals surface area contributed by atoms with Gasteiger partial charge in [0.1, 0.15) is 0 Å². The minimum absolute atomic E-state index is 0. The number of benzene rings is 1. The van der Waals surface area contributed by atoms with E-state index in [9.17, 15) is 4.79 Å². The number of amides is 2. The lowest BCUT2D eigenvalue weighted by Gasteiger charge is -2.19. The van der Waals surface area contributed by atoms with Gasteiger partial charge >= 0.3 is 6.03 Å². The van der Waals surface area contributed by atoms with Crippen LogP contribution in [0.15, 0.2) is 24.3 Å². The number of rotatable bonds is 2. The average molecular weight is 236 g/mol. The maximum atomic E-state index is 11.6. The highest BCUT2D eigenvalue weighted by Crippen LogP contribution is 2.24. The van der Waals surface area contributed by atoms with Gasteiger partial charge in [0.05, 0.1) is 0 Å². The van der Waals surface area contributed by atoms with Crippen molar-refractivity contribution in [3.8, 4) is 0 Å². The SMILES string of the molecule is CC(C)(C)c1cccc(NC(=O)NC2CC2)c1.[HH].[HH]. The lowest BCUT2D eigenvalue weighted by Crippen LogP contribution is -2.30. The monoisotopic (exact) mass is 236 g/mol. The van der Waals surface area contributed by atoms with Crippen LogP contribution in [0.1, 0.15) is 42.0 Å². The molecule has 0 aliphatic heterocycles. The molecule has 1 saturated carbocycles. The average Bonchev–Trinajstić information content (AvgIpc) is 3.00. The number of urea groups is 1. The summed E-state index contributed by atoms with van der Waals surface area (Å²) >= 11 is 0. The summed E-state index contributed by atoms with van der Waals surface area (Å²) in [6.07, 6.45) is 2.21. The Morgan fingerprint density at radius 1 is 1.35 bits per heavy atom. The first kappa shape index (κ1) is 12.0. The zero-order valence-electron chi connectivity index (χ0n) is 10.7. The highest BCUT2D eigenvalue weighted by Gasteiger charge is 2.23. The first-order valence-electron chi connectivity index (χ1n) is 6.13. The molecule has 1 fully saturated rings. The van der Waals surface area contributed by atoms with E-state index in [1.807, 2.05) is 18.2 Å². The standard InChI is InChI=1S/C14H20N2O.2H2/c1-14(2,3)10-5-4-6-12(9-10)16-13(17)15-11-7-8-11;;/h4-6,9,11H,7-8H2,1-3H3,(H2,15,16,17);2*1H. The fraction of sp³-hybridized carbons (Fsp3) is 0.500. The quantitative estimate of drug-likeness (QED) is 0.806. The molecule has 2 rings (SSSR count).